The lowest BCUT2D eigenvalue weighted by molar-refractivity contribution is -0.130. The van der Waals surface area contributed by atoms with Crippen molar-refractivity contribution in [3.05, 3.63) is 0 Å². The van der Waals surface area contributed by atoms with E-state index in [0.29, 0.717) is 12.6 Å². The van der Waals surface area contributed by atoms with E-state index >= 15 is 0 Å². The fraction of sp³-hybridized carbons (Fsp3) is 0.875. The first-order valence-electron chi connectivity index (χ1n) is 4.38. The van der Waals surface area contributed by atoms with E-state index in [4.69, 9.17) is 0 Å². The SMILES string of the molecule is CONC(=O)CNC1CCCC1. The normalized spacial score (nSPS) is 18.1. The van der Waals surface area contributed by atoms with Crippen molar-refractivity contribution in [1.82, 2.24) is 10.8 Å². The van der Waals surface area contributed by atoms with Gasteiger partial charge in [-0.1, -0.05) is 12.8 Å². The molecular weight excluding hydrogens is 156 g/mol. The van der Waals surface area contributed by atoms with Gasteiger partial charge in [-0.3, -0.25) is 9.63 Å². The van der Waals surface area contributed by atoms with Gasteiger partial charge in [-0.05, 0) is 12.8 Å². The summed E-state index contributed by atoms with van der Waals surface area (Å²) in [7, 11) is 1.44. The number of hydroxylamine groups is 1. The van der Waals surface area contributed by atoms with Crippen LogP contribution < -0.4 is 10.8 Å². The molecule has 0 atom stereocenters. The second-order valence-corrected chi connectivity index (χ2v) is 3.09. The highest BCUT2D eigenvalue weighted by Gasteiger charge is 2.14. The van der Waals surface area contributed by atoms with Gasteiger partial charge < -0.3 is 5.32 Å². The quantitative estimate of drug-likeness (QED) is 0.595. The van der Waals surface area contributed by atoms with Crippen molar-refractivity contribution in [2.45, 2.75) is 31.7 Å². The van der Waals surface area contributed by atoms with Crippen LogP contribution in [-0.2, 0) is 9.63 Å². The van der Waals surface area contributed by atoms with Gasteiger partial charge in [-0.15, -0.1) is 0 Å². The number of rotatable bonds is 4. The van der Waals surface area contributed by atoms with Gasteiger partial charge in [-0.25, -0.2) is 5.48 Å². The van der Waals surface area contributed by atoms with Crippen LogP contribution in [-0.4, -0.2) is 25.6 Å². The van der Waals surface area contributed by atoms with Gasteiger partial charge in [-0.2, -0.15) is 0 Å². The maximum absolute atomic E-state index is 10.9. The molecule has 1 rings (SSSR count). The molecule has 0 aliphatic heterocycles. The van der Waals surface area contributed by atoms with E-state index in [1.807, 2.05) is 0 Å². The first-order valence-corrected chi connectivity index (χ1v) is 4.38. The first kappa shape index (κ1) is 9.48. The Bertz CT molecular complexity index is 144. The van der Waals surface area contributed by atoms with Gasteiger partial charge in [0.05, 0.1) is 13.7 Å². The summed E-state index contributed by atoms with van der Waals surface area (Å²) in [5, 5.41) is 3.17. The van der Waals surface area contributed by atoms with E-state index in [-0.39, 0.29) is 5.91 Å². The summed E-state index contributed by atoms with van der Waals surface area (Å²) in [5.74, 6) is -0.107. The van der Waals surface area contributed by atoms with Gasteiger partial charge in [0.2, 0.25) is 0 Å². The highest BCUT2D eigenvalue weighted by atomic mass is 16.6. The standard InChI is InChI=1S/C8H16N2O2/c1-12-10-8(11)6-9-7-4-2-3-5-7/h7,9H,2-6H2,1H3,(H,10,11). The van der Waals surface area contributed by atoms with E-state index < -0.39 is 0 Å². The number of nitrogens with one attached hydrogen (secondary N) is 2. The molecule has 4 nitrogen and oxygen atoms in total. The third kappa shape index (κ3) is 3.19. The Morgan fingerprint density at radius 2 is 2.17 bits per heavy atom. The molecule has 0 aromatic rings. The summed E-state index contributed by atoms with van der Waals surface area (Å²) in [4.78, 5) is 15.4. The van der Waals surface area contributed by atoms with Gasteiger partial charge in [0, 0.05) is 6.04 Å². The van der Waals surface area contributed by atoms with E-state index in [1.165, 1.54) is 32.8 Å². The summed E-state index contributed by atoms with van der Waals surface area (Å²) in [5.41, 5.74) is 2.27. The highest BCUT2D eigenvalue weighted by Crippen LogP contribution is 2.16. The summed E-state index contributed by atoms with van der Waals surface area (Å²) in [6.45, 7) is 0.360. The lowest BCUT2D eigenvalue weighted by atomic mass is 10.2. The molecule has 0 spiro atoms. The molecule has 0 saturated heterocycles. The molecule has 12 heavy (non-hydrogen) atoms. The van der Waals surface area contributed by atoms with Gasteiger partial charge in [0.25, 0.3) is 5.91 Å². The van der Waals surface area contributed by atoms with E-state index in [2.05, 4.69) is 15.6 Å². The predicted molar refractivity (Wildman–Crippen MR) is 45.4 cm³/mol. The molecule has 0 aromatic heterocycles. The molecule has 1 aliphatic rings. The number of amides is 1. The Hall–Kier alpha value is -0.610. The van der Waals surface area contributed by atoms with Crippen molar-refractivity contribution in [1.29, 1.82) is 0 Å². The average molecular weight is 172 g/mol. The second kappa shape index (κ2) is 5.11. The van der Waals surface area contributed by atoms with Crippen molar-refractivity contribution >= 4 is 5.91 Å². The number of hydrogen-bond donors (Lipinski definition) is 2. The molecule has 4 heteroatoms. The first-order chi connectivity index (χ1) is 5.83. The van der Waals surface area contributed by atoms with Crippen molar-refractivity contribution < 1.29 is 9.63 Å². The van der Waals surface area contributed by atoms with Gasteiger partial charge in [0.1, 0.15) is 0 Å². The molecule has 1 aliphatic carbocycles. The topological polar surface area (TPSA) is 50.4 Å². The van der Waals surface area contributed by atoms with Crippen molar-refractivity contribution in [3.8, 4) is 0 Å². The minimum atomic E-state index is -0.107. The van der Waals surface area contributed by atoms with Gasteiger partial charge >= 0.3 is 0 Å². The van der Waals surface area contributed by atoms with Crippen LogP contribution in [0.15, 0.2) is 0 Å². The zero-order valence-electron chi connectivity index (χ0n) is 7.43. The third-order valence-corrected chi connectivity index (χ3v) is 2.12. The van der Waals surface area contributed by atoms with Crippen LogP contribution in [0.25, 0.3) is 0 Å². The van der Waals surface area contributed by atoms with Crippen LogP contribution in [0.5, 0.6) is 0 Å². The molecule has 0 radical (unpaired) electrons. The van der Waals surface area contributed by atoms with Crippen LogP contribution >= 0.6 is 0 Å². The predicted octanol–water partition coefficient (Wildman–Crippen LogP) is 0.196. The van der Waals surface area contributed by atoms with Crippen LogP contribution in [0.1, 0.15) is 25.7 Å². The van der Waals surface area contributed by atoms with E-state index in [0.717, 1.165) is 0 Å². The Labute approximate surface area is 72.6 Å². The third-order valence-electron chi connectivity index (χ3n) is 2.12. The van der Waals surface area contributed by atoms with Crippen molar-refractivity contribution in [2.24, 2.45) is 0 Å². The van der Waals surface area contributed by atoms with E-state index in [1.54, 1.807) is 0 Å². The van der Waals surface area contributed by atoms with Crippen molar-refractivity contribution in [2.75, 3.05) is 13.7 Å². The summed E-state index contributed by atoms with van der Waals surface area (Å²) in [6.07, 6.45) is 4.95. The number of carbonyl (C=O) groups is 1. The molecule has 0 bridgehead atoms. The summed E-state index contributed by atoms with van der Waals surface area (Å²) in [6, 6.07) is 0.535. The summed E-state index contributed by atoms with van der Waals surface area (Å²) < 4.78 is 0. The molecule has 0 unspecified atom stereocenters. The van der Waals surface area contributed by atoms with Gasteiger partial charge in [0.15, 0.2) is 0 Å². The molecule has 70 valence electrons. The Kier molecular flexibility index (Phi) is 4.04. The molecule has 0 aromatic carbocycles. The largest absolute Gasteiger partial charge is 0.306 e. The molecule has 2 N–H and O–H groups in total. The van der Waals surface area contributed by atoms with Crippen LogP contribution in [0.4, 0.5) is 0 Å². The maximum atomic E-state index is 10.9. The number of carbonyl (C=O) groups excluding carboxylic acids is 1. The minimum Gasteiger partial charge on any atom is -0.306 e. The average Bonchev–Trinajstić information content (AvgIpc) is 2.53. The lowest BCUT2D eigenvalue weighted by Gasteiger charge is -2.10. The fourth-order valence-corrected chi connectivity index (χ4v) is 1.52. The Balaban J connectivity index is 2.03. The zero-order valence-corrected chi connectivity index (χ0v) is 7.43. The van der Waals surface area contributed by atoms with Crippen LogP contribution in [0, 0.1) is 0 Å². The second-order valence-electron chi connectivity index (χ2n) is 3.09. The molecule has 0 heterocycles. The molecule has 1 saturated carbocycles. The van der Waals surface area contributed by atoms with E-state index in [9.17, 15) is 4.79 Å². The molecule has 1 fully saturated rings. The highest BCUT2D eigenvalue weighted by molar-refractivity contribution is 5.76. The van der Waals surface area contributed by atoms with Crippen LogP contribution in [0.3, 0.4) is 0 Å². The fourth-order valence-electron chi connectivity index (χ4n) is 1.52. The summed E-state index contributed by atoms with van der Waals surface area (Å²) >= 11 is 0. The molecule has 1 amide bonds. The smallest absolute Gasteiger partial charge is 0.257 e. The maximum Gasteiger partial charge on any atom is 0.257 e. The lowest BCUT2D eigenvalue weighted by Crippen LogP contribution is -2.37. The monoisotopic (exact) mass is 172 g/mol. The molecular formula is C8H16N2O2. The Morgan fingerprint density at radius 3 is 2.75 bits per heavy atom. The van der Waals surface area contributed by atoms with Crippen molar-refractivity contribution in [3.63, 3.8) is 0 Å². The number of hydrogen-bond acceptors (Lipinski definition) is 3. The van der Waals surface area contributed by atoms with Crippen LogP contribution in [0.2, 0.25) is 0 Å². The minimum absolute atomic E-state index is 0.107. The Morgan fingerprint density at radius 1 is 1.50 bits per heavy atom. The zero-order chi connectivity index (χ0) is 8.81.